The van der Waals surface area contributed by atoms with Gasteiger partial charge in [-0.2, -0.15) is 0 Å². The topological polar surface area (TPSA) is 66.4 Å². The molecule has 0 aromatic rings. The Labute approximate surface area is 173 Å². The first kappa shape index (κ1) is 26.9. The van der Waals surface area contributed by atoms with Crippen LogP contribution in [-0.2, 0) is 14.3 Å². The van der Waals surface area contributed by atoms with Crippen molar-refractivity contribution in [2.75, 3.05) is 6.61 Å². The van der Waals surface area contributed by atoms with Gasteiger partial charge in [-0.25, -0.2) is 0 Å². The predicted octanol–water partition coefficient (Wildman–Crippen LogP) is 6.10. The summed E-state index contributed by atoms with van der Waals surface area (Å²) in [6, 6.07) is 0. The number of hydrogen-bond acceptors (Lipinski definition) is 4. The van der Waals surface area contributed by atoms with Crippen LogP contribution in [0, 0.1) is 0 Å². The lowest BCUT2D eigenvalue weighted by atomic mass is 10.0. The molecule has 0 aromatic heterocycles. The minimum absolute atomic E-state index is 0.0202. The van der Waals surface area contributed by atoms with Gasteiger partial charge >= 0.3 is 5.97 Å². The Morgan fingerprint density at radius 3 is 1.39 bits per heavy atom. The van der Waals surface area contributed by atoms with Gasteiger partial charge < -0.3 is 14.6 Å². The molecule has 0 aliphatic rings. The first-order valence-electron chi connectivity index (χ1n) is 12.0. The Morgan fingerprint density at radius 2 is 0.964 bits per heavy atom. The molecule has 0 saturated carbocycles. The number of aliphatic carboxylic acids is 1. The highest BCUT2D eigenvalue weighted by Gasteiger charge is 2.02. The third-order valence-electron chi connectivity index (χ3n) is 5.27. The smallest absolute Gasteiger partial charge is 0.305 e. The number of unbranched alkanes of at least 4 members (excludes halogenated alkanes) is 16. The van der Waals surface area contributed by atoms with Crippen molar-refractivity contribution >= 4 is 11.9 Å². The highest BCUT2D eigenvalue weighted by Crippen LogP contribution is 2.13. The number of ether oxygens (including phenoxy) is 1. The van der Waals surface area contributed by atoms with Gasteiger partial charge in [0.15, 0.2) is 0 Å². The van der Waals surface area contributed by atoms with Gasteiger partial charge in [0.2, 0.25) is 0 Å². The number of esters is 1. The molecule has 0 radical (unpaired) electrons. The third kappa shape index (κ3) is 23.0. The van der Waals surface area contributed by atoms with E-state index in [0.717, 1.165) is 12.8 Å². The summed E-state index contributed by atoms with van der Waals surface area (Å²) in [5, 5.41) is 10.3. The van der Waals surface area contributed by atoms with Gasteiger partial charge in [-0.3, -0.25) is 4.79 Å². The average Bonchev–Trinajstić information content (AvgIpc) is 2.67. The van der Waals surface area contributed by atoms with Crippen molar-refractivity contribution in [3.05, 3.63) is 0 Å². The van der Waals surface area contributed by atoms with Crippen molar-refractivity contribution < 1.29 is 19.4 Å². The number of rotatable bonds is 22. The molecule has 0 amide bonds. The third-order valence-corrected chi connectivity index (χ3v) is 5.27. The van der Waals surface area contributed by atoms with Crippen LogP contribution in [0.15, 0.2) is 0 Å². The Balaban J connectivity index is 3.11. The van der Waals surface area contributed by atoms with E-state index in [1.807, 2.05) is 0 Å². The molecule has 4 nitrogen and oxygen atoms in total. The van der Waals surface area contributed by atoms with E-state index in [9.17, 15) is 14.7 Å². The Hall–Kier alpha value is -1.06. The minimum Gasteiger partial charge on any atom is -0.550 e. The van der Waals surface area contributed by atoms with E-state index >= 15 is 0 Å². The summed E-state index contributed by atoms with van der Waals surface area (Å²) in [4.78, 5) is 21.7. The normalized spacial score (nSPS) is 10.9. The molecule has 0 spiro atoms. The van der Waals surface area contributed by atoms with Gasteiger partial charge in [0, 0.05) is 12.4 Å². The summed E-state index contributed by atoms with van der Waals surface area (Å²) >= 11 is 0. The Bertz CT molecular complexity index is 355. The van der Waals surface area contributed by atoms with Crippen LogP contribution in [0.3, 0.4) is 0 Å². The zero-order valence-corrected chi connectivity index (χ0v) is 18.5. The molecule has 4 heteroatoms. The fourth-order valence-electron chi connectivity index (χ4n) is 3.45. The fourth-order valence-corrected chi connectivity index (χ4v) is 3.45. The molecule has 166 valence electrons. The van der Waals surface area contributed by atoms with Crippen LogP contribution in [0.5, 0.6) is 0 Å². The van der Waals surface area contributed by atoms with Crippen molar-refractivity contribution in [1.82, 2.24) is 0 Å². The molecular formula is C24H45O4-. The van der Waals surface area contributed by atoms with Gasteiger partial charge in [0.25, 0.3) is 0 Å². The quantitative estimate of drug-likeness (QED) is 0.163. The maximum absolute atomic E-state index is 11.5. The van der Waals surface area contributed by atoms with Gasteiger partial charge in [-0.1, -0.05) is 103 Å². The lowest BCUT2D eigenvalue weighted by Gasteiger charge is -2.06. The summed E-state index contributed by atoms with van der Waals surface area (Å²) in [5.41, 5.74) is 0. The summed E-state index contributed by atoms with van der Waals surface area (Å²) in [6.07, 6.45) is 22.7. The fraction of sp³-hybridized carbons (Fsp3) is 0.917. The summed E-state index contributed by atoms with van der Waals surface area (Å²) in [7, 11) is 0. The second kappa shape index (κ2) is 22.2. The average molecular weight is 398 g/mol. The van der Waals surface area contributed by atoms with Gasteiger partial charge in [-0.15, -0.1) is 0 Å². The van der Waals surface area contributed by atoms with E-state index in [-0.39, 0.29) is 12.4 Å². The predicted molar refractivity (Wildman–Crippen MR) is 114 cm³/mol. The second-order valence-corrected chi connectivity index (χ2v) is 8.10. The monoisotopic (exact) mass is 397 g/mol. The number of carboxylic acids is 1. The lowest BCUT2D eigenvalue weighted by molar-refractivity contribution is -0.305. The summed E-state index contributed by atoms with van der Waals surface area (Å²) in [5.74, 6) is -1.26. The molecular weight excluding hydrogens is 352 g/mol. The van der Waals surface area contributed by atoms with Crippen LogP contribution >= 0.6 is 0 Å². The maximum Gasteiger partial charge on any atom is 0.305 e. The van der Waals surface area contributed by atoms with Crippen LogP contribution < -0.4 is 5.11 Å². The Morgan fingerprint density at radius 1 is 0.571 bits per heavy atom. The van der Waals surface area contributed by atoms with Crippen molar-refractivity contribution in [3.8, 4) is 0 Å². The van der Waals surface area contributed by atoms with E-state index in [2.05, 4.69) is 6.92 Å². The number of carbonyl (C=O) groups excluding carboxylic acids is 2. The van der Waals surface area contributed by atoms with Gasteiger partial charge in [0.1, 0.15) is 0 Å². The van der Waals surface area contributed by atoms with Crippen molar-refractivity contribution in [3.63, 3.8) is 0 Å². The largest absolute Gasteiger partial charge is 0.550 e. The molecule has 0 aromatic carbocycles. The molecule has 0 unspecified atom stereocenters. The molecule has 0 fully saturated rings. The van der Waals surface area contributed by atoms with E-state index in [1.165, 1.54) is 89.9 Å². The molecule has 28 heavy (non-hydrogen) atoms. The van der Waals surface area contributed by atoms with Gasteiger partial charge in [0.05, 0.1) is 6.61 Å². The minimum atomic E-state index is -1.05. The van der Waals surface area contributed by atoms with Crippen LogP contribution in [-0.4, -0.2) is 18.5 Å². The molecule has 0 bridgehead atoms. The second-order valence-electron chi connectivity index (χ2n) is 8.10. The molecule has 0 aliphatic carbocycles. The van der Waals surface area contributed by atoms with E-state index < -0.39 is 5.97 Å². The van der Waals surface area contributed by atoms with Crippen LogP contribution in [0.1, 0.15) is 135 Å². The number of carbonyl (C=O) groups is 2. The molecule has 0 rings (SSSR count). The van der Waals surface area contributed by atoms with Crippen molar-refractivity contribution in [2.24, 2.45) is 0 Å². The first-order valence-corrected chi connectivity index (χ1v) is 12.0. The maximum atomic E-state index is 11.5. The van der Waals surface area contributed by atoms with Crippen molar-refractivity contribution in [2.45, 2.75) is 135 Å². The molecule has 0 saturated heterocycles. The summed E-state index contributed by atoms with van der Waals surface area (Å²) < 4.78 is 5.17. The van der Waals surface area contributed by atoms with E-state index in [4.69, 9.17) is 4.74 Å². The van der Waals surface area contributed by atoms with Crippen LogP contribution in [0.25, 0.3) is 0 Å². The first-order chi connectivity index (χ1) is 13.7. The summed E-state index contributed by atoms with van der Waals surface area (Å²) in [6.45, 7) is 2.77. The SMILES string of the molecule is CCCCCCCCCCCCCCCCCCOC(=O)CCCCC(=O)[O-]. The zero-order valence-electron chi connectivity index (χ0n) is 18.5. The molecule has 0 heterocycles. The van der Waals surface area contributed by atoms with Crippen LogP contribution in [0.4, 0.5) is 0 Å². The van der Waals surface area contributed by atoms with Crippen molar-refractivity contribution in [1.29, 1.82) is 0 Å². The molecule has 0 N–H and O–H groups in total. The number of carboxylic acid groups (broad SMARTS) is 1. The van der Waals surface area contributed by atoms with Crippen LogP contribution in [0.2, 0.25) is 0 Å². The Kier molecular flexibility index (Phi) is 21.4. The van der Waals surface area contributed by atoms with Gasteiger partial charge in [-0.05, 0) is 25.7 Å². The highest BCUT2D eigenvalue weighted by atomic mass is 16.5. The molecule has 0 aliphatic heterocycles. The zero-order chi connectivity index (χ0) is 20.7. The van der Waals surface area contributed by atoms with E-state index in [1.54, 1.807) is 0 Å². The lowest BCUT2D eigenvalue weighted by Crippen LogP contribution is -2.21. The number of hydrogen-bond donors (Lipinski definition) is 0. The highest BCUT2D eigenvalue weighted by molar-refractivity contribution is 5.69. The molecule has 0 atom stereocenters. The van der Waals surface area contributed by atoms with E-state index in [0.29, 0.717) is 25.9 Å². The standard InChI is InChI=1S/C24H46O4/c1-2-3-4-5-6-7-8-9-10-11-12-13-14-15-16-19-22-28-24(27)21-18-17-20-23(25)26/h2-22H2,1H3,(H,25,26)/p-1.